The van der Waals surface area contributed by atoms with Gasteiger partial charge in [0.25, 0.3) is 0 Å². The lowest BCUT2D eigenvalue weighted by Crippen LogP contribution is -2.21. The quantitative estimate of drug-likeness (QED) is 0.644. The fraction of sp³-hybridized carbons (Fsp3) is 0.667. The van der Waals surface area contributed by atoms with Gasteiger partial charge in [-0.05, 0) is 54.7 Å². The Morgan fingerprint density at radius 1 is 1.05 bits per heavy atom. The van der Waals surface area contributed by atoms with Crippen LogP contribution in [-0.2, 0) is 6.42 Å². The highest BCUT2D eigenvalue weighted by atomic mass is 19.1. The van der Waals surface area contributed by atoms with Gasteiger partial charge >= 0.3 is 0 Å². The molecule has 0 nitrogen and oxygen atoms in total. The molecule has 0 saturated heterocycles. The molecule has 0 aliphatic heterocycles. The Hall–Kier alpha value is -0.920. The van der Waals surface area contributed by atoms with Crippen LogP contribution in [0.4, 0.5) is 8.78 Å². The highest BCUT2D eigenvalue weighted by molar-refractivity contribution is 5.18. The molecule has 20 heavy (non-hydrogen) atoms. The van der Waals surface area contributed by atoms with E-state index in [9.17, 15) is 8.78 Å². The first-order valence-corrected chi connectivity index (χ1v) is 8.03. The summed E-state index contributed by atoms with van der Waals surface area (Å²) in [7, 11) is 0. The minimum Gasteiger partial charge on any atom is -0.207 e. The van der Waals surface area contributed by atoms with E-state index in [4.69, 9.17) is 0 Å². The van der Waals surface area contributed by atoms with Gasteiger partial charge in [-0.15, -0.1) is 0 Å². The molecule has 0 bridgehead atoms. The Labute approximate surface area is 121 Å². The number of halogens is 2. The zero-order valence-electron chi connectivity index (χ0n) is 12.7. The summed E-state index contributed by atoms with van der Waals surface area (Å²) in [6, 6.07) is 3.90. The van der Waals surface area contributed by atoms with E-state index in [1.54, 1.807) is 0 Å². The second-order valence-electron chi connectivity index (χ2n) is 6.53. The van der Waals surface area contributed by atoms with E-state index < -0.39 is 11.6 Å². The fourth-order valence-electron chi connectivity index (χ4n) is 3.72. The van der Waals surface area contributed by atoms with Gasteiger partial charge in [-0.3, -0.25) is 0 Å². The van der Waals surface area contributed by atoms with E-state index >= 15 is 0 Å². The van der Waals surface area contributed by atoms with Gasteiger partial charge in [0, 0.05) is 6.07 Å². The molecule has 1 unspecified atom stereocenters. The molecule has 1 aliphatic carbocycles. The number of hydrogen-bond acceptors (Lipinski definition) is 0. The van der Waals surface area contributed by atoms with E-state index in [0.717, 1.165) is 29.9 Å². The molecule has 0 spiro atoms. The maximum atomic E-state index is 13.2. The summed E-state index contributed by atoms with van der Waals surface area (Å²) < 4.78 is 26.4. The SMILES string of the molecule is CCCC1CCC(C(C)Cc2cc(F)cc(F)c2)CC1. The number of rotatable bonds is 5. The highest BCUT2D eigenvalue weighted by Gasteiger charge is 2.25. The molecule has 0 aromatic heterocycles. The molecule has 1 atom stereocenters. The van der Waals surface area contributed by atoms with Crippen LogP contribution in [0.5, 0.6) is 0 Å². The van der Waals surface area contributed by atoms with Crippen LogP contribution in [0.2, 0.25) is 0 Å². The smallest absolute Gasteiger partial charge is 0.126 e. The average molecular weight is 280 g/mol. The van der Waals surface area contributed by atoms with Crippen LogP contribution < -0.4 is 0 Å². The maximum absolute atomic E-state index is 13.2. The van der Waals surface area contributed by atoms with Gasteiger partial charge in [0.2, 0.25) is 0 Å². The van der Waals surface area contributed by atoms with Gasteiger partial charge in [-0.1, -0.05) is 39.5 Å². The Morgan fingerprint density at radius 2 is 1.65 bits per heavy atom. The lowest BCUT2D eigenvalue weighted by Gasteiger charge is -2.32. The monoisotopic (exact) mass is 280 g/mol. The van der Waals surface area contributed by atoms with Crippen LogP contribution in [0.3, 0.4) is 0 Å². The minimum absolute atomic E-state index is 0.459. The molecule has 0 radical (unpaired) electrons. The van der Waals surface area contributed by atoms with Crippen LogP contribution in [0, 0.1) is 29.4 Å². The van der Waals surface area contributed by atoms with Crippen LogP contribution in [0.1, 0.15) is 57.9 Å². The van der Waals surface area contributed by atoms with Crippen LogP contribution in [0.25, 0.3) is 0 Å². The maximum Gasteiger partial charge on any atom is 0.126 e. The number of hydrogen-bond donors (Lipinski definition) is 0. The Kier molecular flexibility index (Phi) is 5.56. The summed E-state index contributed by atoms with van der Waals surface area (Å²) in [5.41, 5.74) is 0.797. The molecule has 2 rings (SSSR count). The topological polar surface area (TPSA) is 0 Å². The zero-order valence-corrected chi connectivity index (χ0v) is 12.7. The van der Waals surface area contributed by atoms with E-state index in [1.165, 1.54) is 50.7 Å². The van der Waals surface area contributed by atoms with Crippen molar-refractivity contribution in [3.63, 3.8) is 0 Å². The third-order valence-corrected chi connectivity index (χ3v) is 4.87. The molecule has 1 saturated carbocycles. The van der Waals surface area contributed by atoms with Gasteiger partial charge < -0.3 is 0 Å². The first-order chi connectivity index (χ1) is 9.58. The number of benzene rings is 1. The van der Waals surface area contributed by atoms with Crippen molar-refractivity contribution in [3.05, 3.63) is 35.4 Å². The molecular formula is C18H26F2. The first-order valence-electron chi connectivity index (χ1n) is 8.03. The summed E-state index contributed by atoms with van der Waals surface area (Å²) in [6.45, 7) is 4.49. The van der Waals surface area contributed by atoms with Crippen molar-refractivity contribution in [2.75, 3.05) is 0 Å². The van der Waals surface area contributed by atoms with E-state index in [1.807, 2.05) is 0 Å². The van der Waals surface area contributed by atoms with E-state index in [0.29, 0.717) is 5.92 Å². The molecule has 1 fully saturated rings. The molecule has 0 heterocycles. The summed E-state index contributed by atoms with van der Waals surface area (Å²) >= 11 is 0. The molecule has 112 valence electrons. The van der Waals surface area contributed by atoms with Gasteiger partial charge in [0.1, 0.15) is 11.6 Å². The highest BCUT2D eigenvalue weighted by Crippen LogP contribution is 2.36. The Balaban J connectivity index is 1.87. The molecule has 1 aliphatic rings. The fourth-order valence-corrected chi connectivity index (χ4v) is 3.72. The molecule has 0 N–H and O–H groups in total. The standard InChI is InChI=1S/C18H26F2/c1-3-4-14-5-7-16(8-6-14)13(2)9-15-10-17(19)12-18(20)11-15/h10-14,16H,3-9H2,1-2H3. The van der Waals surface area contributed by atoms with Gasteiger partial charge in [-0.25, -0.2) is 8.78 Å². The lowest BCUT2D eigenvalue weighted by atomic mass is 9.74. The van der Waals surface area contributed by atoms with Gasteiger partial charge in [0.15, 0.2) is 0 Å². The van der Waals surface area contributed by atoms with E-state index in [2.05, 4.69) is 13.8 Å². The zero-order chi connectivity index (χ0) is 14.5. The summed E-state index contributed by atoms with van der Waals surface area (Å²) in [6.07, 6.45) is 8.66. The lowest BCUT2D eigenvalue weighted by molar-refractivity contribution is 0.206. The van der Waals surface area contributed by atoms with Crippen molar-refractivity contribution >= 4 is 0 Å². The van der Waals surface area contributed by atoms with Crippen LogP contribution in [0.15, 0.2) is 18.2 Å². The third kappa shape index (κ3) is 4.29. The van der Waals surface area contributed by atoms with Crippen molar-refractivity contribution < 1.29 is 8.78 Å². The predicted molar refractivity (Wildman–Crippen MR) is 79.6 cm³/mol. The van der Waals surface area contributed by atoms with Gasteiger partial charge in [-0.2, -0.15) is 0 Å². The van der Waals surface area contributed by atoms with Crippen molar-refractivity contribution in [1.29, 1.82) is 0 Å². The third-order valence-electron chi connectivity index (χ3n) is 4.87. The normalized spacial score (nSPS) is 24.6. The Morgan fingerprint density at radius 3 is 2.20 bits per heavy atom. The second kappa shape index (κ2) is 7.19. The van der Waals surface area contributed by atoms with Crippen molar-refractivity contribution in [1.82, 2.24) is 0 Å². The second-order valence-corrected chi connectivity index (χ2v) is 6.53. The molecule has 1 aromatic carbocycles. The summed E-state index contributed by atoms with van der Waals surface area (Å²) in [4.78, 5) is 0. The first kappa shape index (κ1) is 15.5. The van der Waals surface area contributed by atoms with Crippen molar-refractivity contribution in [2.45, 2.75) is 58.8 Å². The van der Waals surface area contributed by atoms with Crippen LogP contribution in [-0.4, -0.2) is 0 Å². The van der Waals surface area contributed by atoms with E-state index in [-0.39, 0.29) is 0 Å². The minimum atomic E-state index is -0.459. The van der Waals surface area contributed by atoms with Gasteiger partial charge in [0.05, 0.1) is 0 Å². The van der Waals surface area contributed by atoms with Crippen molar-refractivity contribution in [3.8, 4) is 0 Å². The molecular weight excluding hydrogens is 254 g/mol. The summed E-state index contributed by atoms with van der Waals surface area (Å²) in [5.74, 6) is 1.22. The predicted octanol–water partition coefficient (Wildman–Crippen LogP) is 5.75. The van der Waals surface area contributed by atoms with Crippen molar-refractivity contribution in [2.24, 2.45) is 17.8 Å². The summed E-state index contributed by atoms with van der Waals surface area (Å²) in [5, 5.41) is 0. The molecule has 2 heteroatoms. The Bertz CT molecular complexity index is 399. The molecule has 0 amide bonds. The van der Waals surface area contributed by atoms with Crippen LogP contribution >= 0.6 is 0 Å². The largest absolute Gasteiger partial charge is 0.207 e. The molecule has 1 aromatic rings. The average Bonchev–Trinajstić information content (AvgIpc) is 2.38.